The number of allylic oxidation sites excluding steroid dienone is 2. The third-order valence-corrected chi connectivity index (χ3v) is 4.92. The van der Waals surface area contributed by atoms with Gasteiger partial charge in [-0.1, -0.05) is 50.9 Å². The van der Waals surface area contributed by atoms with Crippen LogP contribution in [0.1, 0.15) is 6.92 Å². The van der Waals surface area contributed by atoms with Gasteiger partial charge >= 0.3 is 0 Å². The molecule has 0 unspecified atom stereocenters. The molecule has 13 heavy (non-hydrogen) atoms. The molecular formula is C11H26Si2. The molecule has 0 saturated heterocycles. The summed E-state index contributed by atoms with van der Waals surface area (Å²) in [4.78, 5) is 0. The van der Waals surface area contributed by atoms with Crippen LogP contribution in [0.25, 0.3) is 0 Å². The Hall–Kier alpha value is 0.174. The van der Waals surface area contributed by atoms with Crippen molar-refractivity contribution >= 4 is 16.1 Å². The van der Waals surface area contributed by atoms with E-state index in [9.17, 15) is 0 Å². The monoisotopic (exact) mass is 214 g/mol. The Morgan fingerprint density at radius 1 is 0.923 bits per heavy atom. The molecule has 0 nitrogen and oxygen atoms in total. The van der Waals surface area contributed by atoms with Gasteiger partial charge in [0, 0.05) is 16.1 Å². The fourth-order valence-corrected chi connectivity index (χ4v) is 4.17. The van der Waals surface area contributed by atoms with Crippen molar-refractivity contribution in [3.63, 3.8) is 0 Å². The van der Waals surface area contributed by atoms with Gasteiger partial charge in [0.05, 0.1) is 0 Å². The van der Waals surface area contributed by atoms with Crippen LogP contribution < -0.4 is 0 Å². The second-order valence-corrected chi connectivity index (χ2v) is 17.6. The lowest BCUT2D eigenvalue weighted by molar-refractivity contribution is 1.28. The molecule has 0 heterocycles. The summed E-state index contributed by atoms with van der Waals surface area (Å²) in [5, 5.41) is 0. The third-order valence-electron chi connectivity index (χ3n) is 1.87. The van der Waals surface area contributed by atoms with Crippen molar-refractivity contribution in [1.29, 1.82) is 0 Å². The Kier molecular flexibility index (Phi) is 4.66. The summed E-state index contributed by atoms with van der Waals surface area (Å²) >= 11 is 0. The summed E-state index contributed by atoms with van der Waals surface area (Å²) < 4.78 is 0. The first kappa shape index (κ1) is 13.2. The summed E-state index contributed by atoms with van der Waals surface area (Å²) in [6.07, 6.45) is 2.49. The summed E-state index contributed by atoms with van der Waals surface area (Å²) in [7, 11) is -1.73. The Bertz CT molecular complexity index is 179. The fourth-order valence-electron chi connectivity index (χ4n) is 1.39. The molecule has 78 valence electrons. The predicted octanol–water partition coefficient (Wildman–Crippen LogP) is 4.61. The molecule has 0 aromatic carbocycles. The van der Waals surface area contributed by atoms with Gasteiger partial charge in [0.1, 0.15) is 0 Å². The van der Waals surface area contributed by atoms with Crippen LogP contribution >= 0.6 is 0 Å². The highest BCUT2D eigenvalue weighted by atomic mass is 28.3. The van der Waals surface area contributed by atoms with Gasteiger partial charge in [-0.05, 0) is 19.0 Å². The highest BCUT2D eigenvalue weighted by Gasteiger charge is 2.14. The van der Waals surface area contributed by atoms with Crippen LogP contribution in [0, 0.1) is 0 Å². The van der Waals surface area contributed by atoms with Crippen LogP contribution in [0.5, 0.6) is 0 Å². The molecule has 0 N–H and O–H groups in total. The second kappa shape index (κ2) is 4.60. The molecule has 0 bridgehead atoms. The SMILES string of the molecule is CC(=CC[Si](C)(C)C)C[Si](C)(C)C. The summed E-state index contributed by atoms with van der Waals surface area (Å²) in [5.41, 5.74) is 1.63. The smallest absolute Gasteiger partial charge is 0.0483 e. The number of hydrogen-bond donors (Lipinski definition) is 0. The Morgan fingerprint density at radius 2 is 1.38 bits per heavy atom. The summed E-state index contributed by atoms with van der Waals surface area (Å²) in [6.45, 7) is 16.9. The Labute approximate surface area is 86.5 Å². The Balaban J connectivity index is 4.05. The lowest BCUT2D eigenvalue weighted by Gasteiger charge is -2.18. The third kappa shape index (κ3) is 10.1. The predicted molar refractivity (Wildman–Crippen MR) is 70.1 cm³/mol. The standard InChI is InChI=1S/C11H26Si2/c1-11(10-13(5,6)7)8-9-12(2,3)4/h8H,9-10H2,1-7H3. The number of hydrogen-bond acceptors (Lipinski definition) is 0. The molecule has 0 amide bonds. The van der Waals surface area contributed by atoms with Crippen LogP contribution in [-0.4, -0.2) is 16.1 Å². The Morgan fingerprint density at radius 3 is 1.69 bits per heavy atom. The molecule has 0 atom stereocenters. The van der Waals surface area contributed by atoms with E-state index in [1.54, 1.807) is 5.57 Å². The molecule has 0 rings (SSSR count). The van der Waals surface area contributed by atoms with Crippen LogP contribution in [0.4, 0.5) is 0 Å². The molecule has 0 aromatic rings. The highest BCUT2D eigenvalue weighted by Crippen LogP contribution is 2.18. The van der Waals surface area contributed by atoms with Gasteiger partial charge in [0.25, 0.3) is 0 Å². The van der Waals surface area contributed by atoms with Crippen molar-refractivity contribution in [3.05, 3.63) is 11.6 Å². The van der Waals surface area contributed by atoms with E-state index in [0.29, 0.717) is 0 Å². The van der Waals surface area contributed by atoms with E-state index in [2.05, 4.69) is 52.3 Å². The molecule has 0 radical (unpaired) electrons. The van der Waals surface area contributed by atoms with Crippen molar-refractivity contribution in [2.24, 2.45) is 0 Å². The maximum absolute atomic E-state index is 2.49. The van der Waals surface area contributed by atoms with Crippen molar-refractivity contribution in [3.8, 4) is 0 Å². The largest absolute Gasteiger partial charge is 0.0886 e. The van der Waals surface area contributed by atoms with Crippen molar-refractivity contribution in [1.82, 2.24) is 0 Å². The molecule has 0 aliphatic rings. The molecule has 0 fully saturated rings. The van der Waals surface area contributed by atoms with Gasteiger partial charge in [-0.15, -0.1) is 0 Å². The zero-order valence-corrected chi connectivity index (χ0v) is 12.5. The van der Waals surface area contributed by atoms with Crippen LogP contribution in [0.2, 0.25) is 51.4 Å². The maximum atomic E-state index is 2.49. The van der Waals surface area contributed by atoms with Gasteiger partial charge in [0.15, 0.2) is 0 Å². The zero-order valence-electron chi connectivity index (χ0n) is 10.5. The lowest BCUT2D eigenvalue weighted by Crippen LogP contribution is -2.20. The average molecular weight is 215 g/mol. The normalized spacial score (nSPS) is 14.8. The quantitative estimate of drug-likeness (QED) is 0.474. The molecule has 0 aliphatic heterocycles. The first-order chi connectivity index (χ1) is 5.60. The molecule has 0 saturated carbocycles. The minimum Gasteiger partial charge on any atom is -0.0886 e. The summed E-state index contributed by atoms with van der Waals surface area (Å²) in [5.74, 6) is 0. The first-order valence-electron chi connectivity index (χ1n) is 5.26. The van der Waals surface area contributed by atoms with E-state index >= 15 is 0 Å². The van der Waals surface area contributed by atoms with Crippen molar-refractivity contribution < 1.29 is 0 Å². The van der Waals surface area contributed by atoms with E-state index in [1.807, 2.05) is 0 Å². The molecule has 0 aliphatic carbocycles. The highest BCUT2D eigenvalue weighted by molar-refractivity contribution is 6.77. The molecular weight excluding hydrogens is 188 g/mol. The number of rotatable bonds is 4. The molecule has 2 heteroatoms. The van der Waals surface area contributed by atoms with E-state index in [0.717, 1.165) is 0 Å². The van der Waals surface area contributed by atoms with Crippen LogP contribution in [0.3, 0.4) is 0 Å². The van der Waals surface area contributed by atoms with E-state index in [1.165, 1.54) is 12.1 Å². The minimum absolute atomic E-state index is 0.856. The fraction of sp³-hybridized carbons (Fsp3) is 0.818. The summed E-state index contributed by atoms with van der Waals surface area (Å²) in [6, 6.07) is 2.72. The van der Waals surface area contributed by atoms with Crippen LogP contribution in [0.15, 0.2) is 11.6 Å². The van der Waals surface area contributed by atoms with Crippen molar-refractivity contribution in [2.45, 2.75) is 58.3 Å². The minimum atomic E-state index is -0.869. The molecule has 0 spiro atoms. The first-order valence-corrected chi connectivity index (χ1v) is 12.7. The van der Waals surface area contributed by atoms with Gasteiger partial charge in [-0.3, -0.25) is 0 Å². The van der Waals surface area contributed by atoms with Gasteiger partial charge in [0.2, 0.25) is 0 Å². The molecule has 0 aromatic heterocycles. The van der Waals surface area contributed by atoms with E-state index in [4.69, 9.17) is 0 Å². The van der Waals surface area contributed by atoms with Crippen molar-refractivity contribution in [2.75, 3.05) is 0 Å². The van der Waals surface area contributed by atoms with Gasteiger partial charge in [-0.25, -0.2) is 0 Å². The second-order valence-electron chi connectivity index (χ2n) is 6.55. The maximum Gasteiger partial charge on any atom is 0.0483 e. The van der Waals surface area contributed by atoms with E-state index < -0.39 is 16.1 Å². The van der Waals surface area contributed by atoms with Gasteiger partial charge in [-0.2, -0.15) is 0 Å². The average Bonchev–Trinajstić information content (AvgIpc) is 1.78. The topological polar surface area (TPSA) is 0 Å². The lowest BCUT2D eigenvalue weighted by atomic mass is 10.3. The zero-order chi connectivity index (χ0) is 10.7. The van der Waals surface area contributed by atoms with E-state index in [-0.39, 0.29) is 0 Å². The van der Waals surface area contributed by atoms with Gasteiger partial charge < -0.3 is 0 Å². The van der Waals surface area contributed by atoms with Crippen LogP contribution in [-0.2, 0) is 0 Å².